The third kappa shape index (κ3) is 5.50. The molecular formula is C28H34N2O5. The monoisotopic (exact) mass is 478 g/mol. The van der Waals surface area contributed by atoms with Gasteiger partial charge in [0.05, 0.1) is 5.41 Å². The number of nitrogens with one attached hydrogen (secondary N) is 2. The highest BCUT2D eigenvalue weighted by Crippen LogP contribution is 2.44. The molecule has 0 saturated heterocycles. The van der Waals surface area contributed by atoms with Crippen LogP contribution in [0.5, 0.6) is 0 Å². The van der Waals surface area contributed by atoms with Crippen LogP contribution in [0.3, 0.4) is 0 Å². The van der Waals surface area contributed by atoms with Crippen molar-refractivity contribution >= 4 is 18.0 Å². The summed E-state index contributed by atoms with van der Waals surface area (Å²) in [5.74, 6) is -1.06. The van der Waals surface area contributed by atoms with Gasteiger partial charge in [-0.15, -0.1) is 0 Å². The van der Waals surface area contributed by atoms with Crippen LogP contribution in [0.4, 0.5) is 4.79 Å². The van der Waals surface area contributed by atoms with E-state index < -0.39 is 22.9 Å². The Labute approximate surface area is 206 Å². The van der Waals surface area contributed by atoms with Crippen molar-refractivity contribution in [2.75, 3.05) is 19.7 Å². The zero-order chi connectivity index (χ0) is 25.1. The lowest BCUT2D eigenvalue weighted by Gasteiger charge is -2.27. The van der Waals surface area contributed by atoms with Crippen molar-refractivity contribution in [1.82, 2.24) is 10.6 Å². The van der Waals surface area contributed by atoms with Gasteiger partial charge in [0.15, 0.2) is 0 Å². The van der Waals surface area contributed by atoms with E-state index >= 15 is 0 Å². The Morgan fingerprint density at radius 1 is 0.971 bits per heavy atom. The van der Waals surface area contributed by atoms with Crippen LogP contribution in [-0.4, -0.2) is 42.8 Å². The van der Waals surface area contributed by atoms with Crippen molar-refractivity contribution in [3.8, 4) is 11.1 Å². The highest BCUT2D eigenvalue weighted by atomic mass is 16.5. The average molecular weight is 479 g/mol. The summed E-state index contributed by atoms with van der Waals surface area (Å²) in [6.07, 6.45) is 2.59. The molecule has 0 radical (unpaired) electrons. The van der Waals surface area contributed by atoms with Gasteiger partial charge in [-0.1, -0.05) is 75.2 Å². The Bertz CT molecular complexity index is 1060. The first-order valence-electron chi connectivity index (χ1n) is 12.3. The predicted octanol–water partition coefficient (Wildman–Crippen LogP) is 4.70. The number of carbonyl (C=O) groups excluding carboxylic acids is 2. The van der Waals surface area contributed by atoms with E-state index in [1.165, 1.54) is 11.1 Å². The molecule has 0 heterocycles. The topological polar surface area (TPSA) is 105 Å². The van der Waals surface area contributed by atoms with E-state index in [1.807, 2.05) is 38.1 Å². The maximum absolute atomic E-state index is 12.5. The number of ether oxygens (including phenoxy) is 1. The first kappa shape index (κ1) is 24.8. The average Bonchev–Trinajstić information content (AvgIpc) is 3.44. The molecule has 186 valence electrons. The smallest absolute Gasteiger partial charge is 0.407 e. The van der Waals surface area contributed by atoms with E-state index in [0.717, 1.165) is 24.0 Å². The van der Waals surface area contributed by atoms with Gasteiger partial charge < -0.3 is 20.5 Å². The molecule has 1 saturated carbocycles. The first-order valence-corrected chi connectivity index (χ1v) is 12.3. The summed E-state index contributed by atoms with van der Waals surface area (Å²) in [4.78, 5) is 36.7. The summed E-state index contributed by atoms with van der Waals surface area (Å²) in [6.45, 7) is 4.42. The molecule has 0 aromatic heterocycles. The van der Waals surface area contributed by atoms with Gasteiger partial charge in [0.1, 0.15) is 6.61 Å². The number of carboxylic acids is 1. The van der Waals surface area contributed by atoms with Gasteiger partial charge in [-0.25, -0.2) is 4.79 Å². The number of carbonyl (C=O) groups is 3. The summed E-state index contributed by atoms with van der Waals surface area (Å²) in [5.41, 5.74) is 3.29. The number of carboxylic acid groups (broad SMARTS) is 1. The molecule has 0 bridgehead atoms. The standard InChI is InChI=1S/C28H34N2O5/c1-27(2,15-24(31)29-18-28(25(32)33)13-7-8-14-28)17-30-26(34)35-16-23-21-11-5-3-9-19(21)20-10-4-6-12-22(20)23/h3-6,9-12,23H,7-8,13-18H2,1-2H3,(H,29,31)(H,30,34)(H,32,33). The molecule has 0 aliphatic heterocycles. The highest BCUT2D eigenvalue weighted by Gasteiger charge is 2.41. The minimum atomic E-state index is -0.848. The van der Waals surface area contributed by atoms with Gasteiger partial charge in [-0.2, -0.15) is 0 Å². The summed E-state index contributed by atoms with van der Waals surface area (Å²) in [7, 11) is 0. The van der Waals surface area contributed by atoms with Crippen LogP contribution in [-0.2, 0) is 14.3 Å². The van der Waals surface area contributed by atoms with Crippen LogP contribution in [0.1, 0.15) is 63.0 Å². The minimum Gasteiger partial charge on any atom is -0.481 e. The highest BCUT2D eigenvalue weighted by molar-refractivity contribution is 5.80. The predicted molar refractivity (Wildman–Crippen MR) is 133 cm³/mol. The van der Waals surface area contributed by atoms with E-state index in [1.54, 1.807) is 0 Å². The molecule has 1 fully saturated rings. The van der Waals surface area contributed by atoms with E-state index in [-0.39, 0.29) is 37.9 Å². The van der Waals surface area contributed by atoms with Gasteiger partial charge in [-0.3, -0.25) is 9.59 Å². The van der Waals surface area contributed by atoms with Gasteiger partial charge in [0, 0.05) is 25.4 Å². The second-order valence-electron chi connectivity index (χ2n) is 10.6. The molecule has 2 amide bonds. The Hall–Kier alpha value is -3.35. The number of fused-ring (bicyclic) bond motifs is 3. The fourth-order valence-corrected chi connectivity index (χ4v) is 5.31. The SMILES string of the molecule is CC(C)(CNC(=O)OCC1c2ccccc2-c2ccccc21)CC(=O)NCC1(C(=O)O)CCCC1. The quantitative estimate of drug-likeness (QED) is 0.484. The van der Waals surface area contributed by atoms with E-state index in [4.69, 9.17) is 4.74 Å². The summed E-state index contributed by atoms with van der Waals surface area (Å²) >= 11 is 0. The molecule has 2 aliphatic carbocycles. The number of rotatable bonds is 9. The molecule has 2 aromatic carbocycles. The van der Waals surface area contributed by atoms with Gasteiger partial charge in [-0.05, 0) is 40.5 Å². The van der Waals surface area contributed by atoms with Gasteiger partial charge >= 0.3 is 12.1 Å². The van der Waals surface area contributed by atoms with Gasteiger partial charge in [0.2, 0.25) is 5.91 Å². The summed E-state index contributed by atoms with van der Waals surface area (Å²) in [6, 6.07) is 16.3. The van der Waals surface area contributed by atoms with Crippen molar-refractivity contribution in [2.24, 2.45) is 10.8 Å². The number of alkyl carbamates (subject to hydrolysis) is 1. The number of amides is 2. The van der Waals surface area contributed by atoms with Crippen LogP contribution < -0.4 is 10.6 Å². The van der Waals surface area contributed by atoms with Crippen LogP contribution >= 0.6 is 0 Å². The second-order valence-corrected chi connectivity index (χ2v) is 10.6. The maximum Gasteiger partial charge on any atom is 0.407 e. The number of hydrogen-bond donors (Lipinski definition) is 3. The summed E-state index contributed by atoms with van der Waals surface area (Å²) < 4.78 is 5.58. The third-order valence-electron chi connectivity index (χ3n) is 7.33. The Kier molecular flexibility index (Phi) is 7.15. The Morgan fingerprint density at radius 3 is 2.11 bits per heavy atom. The Morgan fingerprint density at radius 2 is 1.54 bits per heavy atom. The molecule has 3 N–H and O–H groups in total. The lowest BCUT2D eigenvalue weighted by atomic mass is 9.85. The second kappa shape index (κ2) is 10.1. The maximum atomic E-state index is 12.5. The molecule has 35 heavy (non-hydrogen) atoms. The van der Waals surface area contributed by atoms with Crippen molar-refractivity contribution < 1.29 is 24.2 Å². The Balaban J connectivity index is 1.25. The fraction of sp³-hybridized carbons (Fsp3) is 0.464. The van der Waals surface area contributed by atoms with Crippen molar-refractivity contribution in [3.63, 3.8) is 0 Å². The molecule has 4 rings (SSSR count). The van der Waals surface area contributed by atoms with E-state index in [2.05, 4.69) is 34.9 Å². The van der Waals surface area contributed by atoms with Crippen molar-refractivity contribution in [2.45, 2.75) is 51.9 Å². The molecule has 2 aliphatic rings. The largest absolute Gasteiger partial charge is 0.481 e. The van der Waals surface area contributed by atoms with Gasteiger partial charge in [0.25, 0.3) is 0 Å². The molecule has 7 nitrogen and oxygen atoms in total. The van der Waals surface area contributed by atoms with Crippen molar-refractivity contribution in [1.29, 1.82) is 0 Å². The van der Waals surface area contributed by atoms with Crippen LogP contribution in [0.25, 0.3) is 11.1 Å². The molecule has 7 heteroatoms. The fourth-order valence-electron chi connectivity index (χ4n) is 5.31. The lowest BCUT2D eigenvalue weighted by molar-refractivity contribution is -0.148. The number of aliphatic carboxylic acids is 1. The minimum absolute atomic E-state index is 0.0101. The van der Waals surface area contributed by atoms with Crippen LogP contribution in [0, 0.1) is 10.8 Å². The number of benzene rings is 2. The van der Waals surface area contributed by atoms with Crippen LogP contribution in [0.2, 0.25) is 0 Å². The normalized spacial score (nSPS) is 16.3. The number of hydrogen-bond acceptors (Lipinski definition) is 4. The van der Waals surface area contributed by atoms with E-state index in [0.29, 0.717) is 12.8 Å². The molecule has 0 unspecified atom stereocenters. The summed E-state index contributed by atoms with van der Waals surface area (Å²) in [5, 5.41) is 15.2. The van der Waals surface area contributed by atoms with E-state index in [9.17, 15) is 19.5 Å². The molecular weight excluding hydrogens is 444 g/mol. The van der Waals surface area contributed by atoms with Crippen molar-refractivity contribution in [3.05, 3.63) is 59.7 Å². The van der Waals surface area contributed by atoms with Crippen LogP contribution in [0.15, 0.2) is 48.5 Å². The third-order valence-corrected chi connectivity index (χ3v) is 7.33. The zero-order valence-electron chi connectivity index (χ0n) is 20.4. The lowest BCUT2D eigenvalue weighted by Crippen LogP contribution is -2.43. The zero-order valence-corrected chi connectivity index (χ0v) is 20.4. The molecule has 0 spiro atoms. The molecule has 0 atom stereocenters. The molecule has 2 aromatic rings. The first-order chi connectivity index (χ1) is 16.7.